The minimum absolute atomic E-state index is 0. The Morgan fingerprint density at radius 3 is 1.86 bits per heavy atom. The Bertz CT molecular complexity index is 1360. The van der Waals surface area contributed by atoms with Crippen LogP contribution in [0.2, 0.25) is 0 Å². The van der Waals surface area contributed by atoms with E-state index in [1.165, 1.54) is 0 Å². The van der Waals surface area contributed by atoms with E-state index in [1.807, 2.05) is 114 Å². The fourth-order valence-electron chi connectivity index (χ4n) is 5.25. The molecule has 3 rings (SSSR count). The molecule has 4 amide bonds. The van der Waals surface area contributed by atoms with E-state index in [0.29, 0.717) is 38.6 Å². The SMILES string of the molecule is CC(C)[C@@H](NC(=O)OC(C)(C)C)C(=O)N(CCCl)Cc1ccccc1.CC(C)[C@@H]1C(=O)N(Cc2ccccc2)CCN1C(=O)OC(C)(C)C.[H-].[Na+]. The smallest absolute Gasteiger partial charge is 1.00 e. The Balaban J connectivity index is 0.000000944. The van der Waals surface area contributed by atoms with Crippen LogP contribution in [0.5, 0.6) is 0 Å². The molecule has 0 aromatic heterocycles. The van der Waals surface area contributed by atoms with Crippen LogP contribution in [-0.2, 0) is 32.2 Å². The molecule has 12 heteroatoms. The van der Waals surface area contributed by atoms with Crippen molar-refractivity contribution in [1.82, 2.24) is 20.0 Å². The van der Waals surface area contributed by atoms with Crippen molar-refractivity contribution in [3.05, 3.63) is 71.8 Å². The second-order valence-corrected chi connectivity index (χ2v) is 15.3. The zero-order valence-electron chi connectivity index (χ0n) is 33.0. The number of ether oxygens (including phenoxy) is 2. The van der Waals surface area contributed by atoms with Crippen LogP contribution in [0.4, 0.5) is 9.59 Å². The van der Waals surface area contributed by atoms with Gasteiger partial charge in [-0.3, -0.25) is 14.5 Å². The summed E-state index contributed by atoms with van der Waals surface area (Å²) in [5.74, 6) is 0.115. The summed E-state index contributed by atoms with van der Waals surface area (Å²) in [5, 5.41) is 2.70. The van der Waals surface area contributed by atoms with Gasteiger partial charge in [0.2, 0.25) is 11.8 Å². The molecule has 0 spiro atoms. The summed E-state index contributed by atoms with van der Waals surface area (Å²) >= 11 is 5.88. The number of alkyl halides is 1. The average molecular weight is 725 g/mol. The van der Waals surface area contributed by atoms with E-state index in [0.717, 1.165) is 11.1 Å². The summed E-state index contributed by atoms with van der Waals surface area (Å²) in [6.45, 7) is 21.0. The van der Waals surface area contributed by atoms with Crippen LogP contribution in [0.3, 0.4) is 0 Å². The van der Waals surface area contributed by atoms with Crippen LogP contribution in [-0.4, -0.2) is 87.5 Å². The quantitative estimate of drug-likeness (QED) is 0.291. The van der Waals surface area contributed by atoms with Gasteiger partial charge in [-0.05, 0) is 64.5 Å². The summed E-state index contributed by atoms with van der Waals surface area (Å²) in [5.41, 5.74) is 0.928. The van der Waals surface area contributed by atoms with Gasteiger partial charge in [0.05, 0.1) is 0 Å². The Morgan fingerprint density at radius 2 is 1.40 bits per heavy atom. The van der Waals surface area contributed by atoms with E-state index in [9.17, 15) is 19.2 Å². The molecular formula is C38H58ClN4NaO6. The molecule has 2 atom stereocenters. The van der Waals surface area contributed by atoms with Gasteiger partial charge in [-0.15, -0.1) is 11.6 Å². The Labute approximate surface area is 328 Å². The van der Waals surface area contributed by atoms with Crippen molar-refractivity contribution in [2.24, 2.45) is 11.8 Å². The zero-order chi connectivity index (χ0) is 36.9. The maximum Gasteiger partial charge on any atom is 1.00 e. The van der Waals surface area contributed by atoms with Crippen LogP contribution >= 0.6 is 11.6 Å². The molecule has 2 aromatic rings. The fraction of sp³-hybridized carbons (Fsp3) is 0.579. The molecule has 1 fully saturated rings. The van der Waals surface area contributed by atoms with Gasteiger partial charge < -0.3 is 26.0 Å². The molecule has 0 unspecified atom stereocenters. The number of rotatable bonds is 10. The molecule has 50 heavy (non-hydrogen) atoms. The molecule has 0 aliphatic carbocycles. The third kappa shape index (κ3) is 15.6. The molecule has 1 N–H and O–H groups in total. The van der Waals surface area contributed by atoms with Gasteiger partial charge in [0.15, 0.2) is 0 Å². The summed E-state index contributed by atoms with van der Waals surface area (Å²) < 4.78 is 10.8. The number of halogens is 1. The molecule has 0 saturated carbocycles. The van der Waals surface area contributed by atoms with Crippen LogP contribution in [0, 0.1) is 11.8 Å². The molecule has 1 aliphatic rings. The van der Waals surface area contributed by atoms with Crippen LogP contribution in [0.1, 0.15) is 81.8 Å². The normalized spacial score (nSPS) is 15.4. The van der Waals surface area contributed by atoms with Gasteiger partial charge in [-0.2, -0.15) is 0 Å². The Hall–Kier alpha value is -2.79. The topological polar surface area (TPSA) is 108 Å². The summed E-state index contributed by atoms with van der Waals surface area (Å²) in [4.78, 5) is 55.6. The predicted molar refractivity (Wildman–Crippen MR) is 195 cm³/mol. The first-order chi connectivity index (χ1) is 22.8. The van der Waals surface area contributed by atoms with E-state index in [4.69, 9.17) is 21.1 Å². The standard InChI is InChI=1S/C19H29ClN2O3.C19H28N2O3.Na.H/c1-14(2)16(21-18(24)25-19(3,4)5)17(23)22(12-11-20)13-15-9-7-6-8-10-15;1-14(2)16-17(22)20(13-15-9-7-6-8-10-15)11-12-21(16)18(23)24-19(3,4)5;;/h6-10,14,16H,11-13H2,1-5H3,(H,21,24);6-10,14,16H,11-13H2,1-5H3;;/q;;+1;-1/t2*16-;;/m11../s1. The van der Waals surface area contributed by atoms with Gasteiger partial charge >= 0.3 is 41.7 Å². The first-order valence-corrected chi connectivity index (χ1v) is 17.6. The largest absolute Gasteiger partial charge is 1.00 e. The van der Waals surface area contributed by atoms with Gasteiger partial charge in [0.25, 0.3) is 0 Å². The molecule has 0 radical (unpaired) electrons. The van der Waals surface area contributed by atoms with E-state index >= 15 is 0 Å². The van der Waals surface area contributed by atoms with Crippen molar-refractivity contribution in [2.45, 2.75) is 106 Å². The third-order valence-corrected chi connectivity index (χ3v) is 7.64. The van der Waals surface area contributed by atoms with Crippen LogP contribution in [0.15, 0.2) is 60.7 Å². The van der Waals surface area contributed by atoms with Crippen molar-refractivity contribution in [3.63, 3.8) is 0 Å². The fourth-order valence-corrected chi connectivity index (χ4v) is 5.45. The first kappa shape index (κ1) is 45.2. The molecule has 1 aliphatic heterocycles. The number of piperazine rings is 1. The number of amides is 4. The number of benzene rings is 2. The number of nitrogens with zero attached hydrogens (tertiary/aromatic N) is 3. The Morgan fingerprint density at radius 1 is 0.880 bits per heavy atom. The summed E-state index contributed by atoms with van der Waals surface area (Å²) in [7, 11) is 0. The first-order valence-electron chi connectivity index (χ1n) is 17.0. The minimum Gasteiger partial charge on any atom is -1.00 e. The molecule has 0 bridgehead atoms. The van der Waals surface area contributed by atoms with Gasteiger partial charge in [0, 0.05) is 38.6 Å². The molecule has 1 saturated heterocycles. The number of hydrogen-bond acceptors (Lipinski definition) is 6. The van der Waals surface area contributed by atoms with Crippen LogP contribution in [0.25, 0.3) is 0 Å². The maximum atomic E-state index is 13.0. The molecule has 274 valence electrons. The Kier molecular flexibility index (Phi) is 18.9. The van der Waals surface area contributed by atoms with Gasteiger partial charge in [0.1, 0.15) is 23.3 Å². The molecule has 2 aromatic carbocycles. The predicted octanol–water partition coefficient (Wildman–Crippen LogP) is 4.21. The monoisotopic (exact) mass is 724 g/mol. The number of carbonyl (C=O) groups is 4. The van der Waals surface area contributed by atoms with E-state index in [1.54, 1.807) is 30.6 Å². The van der Waals surface area contributed by atoms with Crippen molar-refractivity contribution in [1.29, 1.82) is 0 Å². The van der Waals surface area contributed by atoms with Crippen molar-refractivity contribution in [2.75, 3.05) is 25.5 Å². The van der Waals surface area contributed by atoms with Crippen molar-refractivity contribution in [3.8, 4) is 0 Å². The van der Waals surface area contributed by atoms with Crippen molar-refractivity contribution < 1.29 is 59.6 Å². The average Bonchev–Trinajstić information content (AvgIpc) is 2.99. The minimum atomic E-state index is -0.665. The molecular weight excluding hydrogens is 667 g/mol. The van der Waals surface area contributed by atoms with Crippen LogP contribution < -0.4 is 34.9 Å². The molecule has 10 nitrogen and oxygen atoms in total. The number of carbonyl (C=O) groups excluding carboxylic acids is 4. The second-order valence-electron chi connectivity index (χ2n) is 14.9. The van der Waals surface area contributed by atoms with Gasteiger partial charge in [-0.1, -0.05) is 88.4 Å². The number of hydrogen-bond donors (Lipinski definition) is 1. The van der Waals surface area contributed by atoms with E-state index < -0.39 is 35.5 Å². The molecule has 1 heterocycles. The van der Waals surface area contributed by atoms with Gasteiger partial charge in [-0.25, -0.2) is 9.59 Å². The zero-order valence-corrected chi connectivity index (χ0v) is 34.8. The van der Waals surface area contributed by atoms with Crippen molar-refractivity contribution >= 4 is 35.6 Å². The second kappa shape index (κ2) is 20.9. The summed E-state index contributed by atoms with van der Waals surface area (Å²) in [6, 6.07) is 18.5. The number of nitrogens with one attached hydrogen (secondary N) is 1. The maximum absolute atomic E-state index is 13.0. The third-order valence-electron chi connectivity index (χ3n) is 7.47. The van der Waals surface area contributed by atoms with E-state index in [2.05, 4.69) is 5.32 Å². The summed E-state index contributed by atoms with van der Waals surface area (Å²) in [6.07, 6.45) is -1.00. The number of alkyl carbamates (subject to hydrolysis) is 1. The van der Waals surface area contributed by atoms with E-state index in [-0.39, 0.29) is 54.6 Å².